The number of carbonyl (C=O) groups excluding carboxylic acids is 2. The van der Waals surface area contributed by atoms with Crippen molar-refractivity contribution in [2.75, 3.05) is 6.61 Å². The van der Waals surface area contributed by atoms with Crippen molar-refractivity contribution >= 4 is 33.5 Å². The van der Waals surface area contributed by atoms with Crippen LogP contribution in [0.2, 0.25) is 0 Å². The summed E-state index contributed by atoms with van der Waals surface area (Å²) in [6.45, 7) is 5.14. The third-order valence-electron chi connectivity index (χ3n) is 3.99. The fourth-order valence-electron chi connectivity index (χ4n) is 2.58. The molecule has 10 heteroatoms. The van der Waals surface area contributed by atoms with Gasteiger partial charge in [0.05, 0.1) is 17.6 Å². The molecule has 0 aliphatic rings. The summed E-state index contributed by atoms with van der Waals surface area (Å²) in [6.07, 6.45) is 1.51. The van der Waals surface area contributed by atoms with Crippen molar-refractivity contribution in [3.63, 3.8) is 0 Å². The number of rotatable bonds is 5. The Labute approximate surface area is 163 Å². The average Bonchev–Trinajstić information content (AvgIpc) is 2.99. The zero-order chi connectivity index (χ0) is 20.4. The van der Waals surface area contributed by atoms with Crippen molar-refractivity contribution in [3.8, 4) is 0 Å². The van der Waals surface area contributed by atoms with Gasteiger partial charge in [0.2, 0.25) is 0 Å². The number of nitrogens with one attached hydrogen (secondary N) is 1. The number of H-pyrrole nitrogens is 1. The normalized spacial score (nSPS) is 12.0. The Balaban J connectivity index is 1.90. The number of aromatic nitrogens is 3. The summed E-state index contributed by atoms with van der Waals surface area (Å²) in [5.74, 6) is -1.02. The predicted octanol–water partition coefficient (Wildman–Crippen LogP) is 2.02. The van der Waals surface area contributed by atoms with Gasteiger partial charge in [0.25, 0.3) is 5.56 Å². The molecule has 0 unspecified atom stereocenters. The maximum Gasteiger partial charge on any atom is 0.348 e. The Morgan fingerprint density at radius 2 is 2.00 bits per heavy atom. The molecule has 0 bridgehead atoms. The van der Waals surface area contributed by atoms with E-state index in [0.29, 0.717) is 25.4 Å². The first-order chi connectivity index (χ1) is 13.3. The minimum atomic E-state index is -0.849. The molecule has 0 aliphatic carbocycles. The van der Waals surface area contributed by atoms with E-state index in [1.165, 1.54) is 24.5 Å². The molecule has 0 aromatic carbocycles. The van der Waals surface area contributed by atoms with E-state index in [2.05, 4.69) is 9.97 Å². The Kier molecular flexibility index (Phi) is 5.41. The van der Waals surface area contributed by atoms with Gasteiger partial charge in [0.1, 0.15) is 9.71 Å². The van der Waals surface area contributed by atoms with E-state index in [1.54, 1.807) is 20.8 Å². The molecule has 3 heterocycles. The van der Waals surface area contributed by atoms with Crippen LogP contribution in [-0.4, -0.2) is 28.5 Å². The Bertz CT molecular complexity index is 1100. The van der Waals surface area contributed by atoms with E-state index >= 15 is 0 Å². The van der Waals surface area contributed by atoms with Crippen molar-refractivity contribution in [3.05, 3.63) is 61.9 Å². The molecule has 0 amide bonds. The summed E-state index contributed by atoms with van der Waals surface area (Å²) >= 11 is 1.05. The maximum absolute atomic E-state index is 12.5. The molecule has 0 saturated carbocycles. The lowest BCUT2D eigenvalue weighted by atomic mass is 10.2. The molecule has 3 aromatic heterocycles. The first-order valence-electron chi connectivity index (χ1n) is 8.42. The maximum atomic E-state index is 12.5. The molecular formula is C18H17N3O6S. The van der Waals surface area contributed by atoms with E-state index in [1.807, 2.05) is 0 Å². The van der Waals surface area contributed by atoms with Gasteiger partial charge in [0, 0.05) is 12.1 Å². The number of thiophene rings is 1. The second kappa shape index (κ2) is 7.77. The first-order valence-corrected chi connectivity index (χ1v) is 9.23. The lowest BCUT2D eigenvalue weighted by Gasteiger charge is -2.12. The van der Waals surface area contributed by atoms with Crippen LogP contribution in [-0.2, 0) is 9.47 Å². The number of pyridine rings is 1. The molecule has 3 aromatic rings. The van der Waals surface area contributed by atoms with Crippen molar-refractivity contribution in [2.24, 2.45) is 0 Å². The highest BCUT2D eigenvalue weighted by Gasteiger charge is 2.22. The van der Waals surface area contributed by atoms with Crippen LogP contribution in [0.3, 0.4) is 0 Å². The van der Waals surface area contributed by atoms with Gasteiger partial charge in [-0.2, -0.15) is 4.73 Å². The summed E-state index contributed by atoms with van der Waals surface area (Å²) in [5.41, 5.74) is 0.261. The van der Waals surface area contributed by atoms with Crippen LogP contribution in [0.4, 0.5) is 0 Å². The highest BCUT2D eigenvalue weighted by molar-refractivity contribution is 7.20. The van der Waals surface area contributed by atoms with Gasteiger partial charge in [-0.05, 0) is 26.3 Å². The number of aromatic amines is 1. The Morgan fingerprint density at radius 1 is 1.32 bits per heavy atom. The fourth-order valence-corrected chi connectivity index (χ4v) is 3.66. The number of hydrogen-bond donors (Lipinski definition) is 1. The Morgan fingerprint density at radius 3 is 2.64 bits per heavy atom. The van der Waals surface area contributed by atoms with E-state index in [-0.39, 0.29) is 18.0 Å². The number of esters is 2. The minimum Gasteiger partial charge on any atom is -0.619 e. The average molecular weight is 403 g/mol. The van der Waals surface area contributed by atoms with E-state index in [0.717, 1.165) is 11.3 Å². The van der Waals surface area contributed by atoms with Crippen LogP contribution >= 0.6 is 11.3 Å². The molecule has 0 spiro atoms. The smallest absolute Gasteiger partial charge is 0.348 e. The number of ether oxygens (including phenoxy) is 2. The molecule has 146 valence electrons. The number of aryl methyl sites for hydroxylation is 1. The lowest BCUT2D eigenvalue weighted by Crippen LogP contribution is -2.24. The number of hydrogen-bond acceptors (Lipinski definition) is 8. The second-order valence-corrected chi connectivity index (χ2v) is 6.90. The molecule has 3 rings (SSSR count). The highest BCUT2D eigenvalue weighted by Crippen LogP contribution is 2.28. The van der Waals surface area contributed by atoms with Crippen LogP contribution in [0.15, 0.2) is 29.3 Å². The zero-order valence-corrected chi connectivity index (χ0v) is 16.2. The van der Waals surface area contributed by atoms with Gasteiger partial charge >= 0.3 is 11.9 Å². The lowest BCUT2D eigenvalue weighted by molar-refractivity contribution is -0.605. The molecule has 0 aliphatic heterocycles. The molecule has 28 heavy (non-hydrogen) atoms. The highest BCUT2D eigenvalue weighted by atomic mass is 32.1. The fraction of sp³-hybridized carbons (Fsp3) is 0.278. The molecular weight excluding hydrogens is 386 g/mol. The SMILES string of the molecule is CCOC(=O)c1sc2nc([C@H](C)OC(=O)c3cc[n+]([O-])cc3)[nH]c(=O)c2c1C. The van der Waals surface area contributed by atoms with Gasteiger partial charge in [-0.1, -0.05) is 0 Å². The van der Waals surface area contributed by atoms with Crippen molar-refractivity contribution in [1.29, 1.82) is 0 Å². The number of nitrogens with zero attached hydrogens (tertiary/aromatic N) is 2. The topological polar surface area (TPSA) is 125 Å². The number of carbonyl (C=O) groups is 2. The summed E-state index contributed by atoms with van der Waals surface area (Å²) < 4.78 is 10.9. The van der Waals surface area contributed by atoms with Crippen LogP contribution in [0.25, 0.3) is 10.2 Å². The minimum absolute atomic E-state index is 0.150. The molecule has 0 saturated heterocycles. The van der Waals surface area contributed by atoms with Gasteiger partial charge < -0.3 is 19.7 Å². The van der Waals surface area contributed by atoms with Crippen LogP contribution in [0.5, 0.6) is 0 Å². The first kappa shape index (κ1) is 19.5. The van der Waals surface area contributed by atoms with Crippen LogP contribution < -0.4 is 10.3 Å². The second-order valence-electron chi connectivity index (χ2n) is 5.90. The van der Waals surface area contributed by atoms with Crippen molar-refractivity contribution in [2.45, 2.75) is 26.9 Å². The predicted molar refractivity (Wildman–Crippen MR) is 100 cm³/mol. The standard InChI is InChI=1S/C18H17N3O6S/c1-4-26-18(24)13-9(2)12-15(22)19-14(20-16(12)28-13)10(3)27-17(23)11-5-7-21(25)8-6-11/h5-8,10H,4H2,1-3H3,(H,19,20,22)/t10-/m0/s1. The summed E-state index contributed by atoms with van der Waals surface area (Å²) in [5, 5.41) is 11.4. The summed E-state index contributed by atoms with van der Waals surface area (Å²) in [4.78, 5) is 44.3. The molecule has 9 nitrogen and oxygen atoms in total. The largest absolute Gasteiger partial charge is 0.619 e. The molecule has 1 N–H and O–H groups in total. The monoisotopic (exact) mass is 403 g/mol. The van der Waals surface area contributed by atoms with Crippen LogP contribution in [0, 0.1) is 12.1 Å². The van der Waals surface area contributed by atoms with Crippen molar-refractivity contribution in [1.82, 2.24) is 9.97 Å². The van der Waals surface area contributed by atoms with Gasteiger partial charge in [-0.3, -0.25) is 4.79 Å². The summed E-state index contributed by atoms with van der Waals surface area (Å²) in [7, 11) is 0. The van der Waals surface area contributed by atoms with E-state index in [4.69, 9.17) is 9.47 Å². The third-order valence-corrected chi connectivity index (χ3v) is 5.15. The van der Waals surface area contributed by atoms with E-state index in [9.17, 15) is 19.6 Å². The van der Waals surface area contributed by atoms with Crippen molar-refractivity contribution < 1.29 is 23.8 Å². The molecule has 0 fully saturated rings. The Hall–Kier alpha value is -3.27. The third kappa shape index (κ3) is 3.72. The van der Waals surface area contributed by atoms with Gasteiger partial charge in [0.15, 0.2) is 24.3 Å². The zero-order valence-electron chi connectivity index (χ0n) is 15.3. The molecule has 1 atom stereocenters. The van der Waals surface area contributed by atoms with Gasteiger partial charge in [-0.15, -0.1) is 11.3 Å². The number of fused-ring (bicyclic) bond motifs is 1. The quantitative estimate of drug-likeness (QED) is 0.392. The summed E-state index contributed by atoms with van der Waals surface area (Å²) in [6, 6.07) is 2.66. The van der Waals surface area contributed by atoms with Crippen LogP contribution in [0.1, 0.15) is 51.4 Å². The molecule has 0 radical (unpaired) electrons. The van der Waals surface area contributed by atoms with Gasteiger partial charge in [-0.25, -0.2) is 14.6 Å². The van der Waals surface area contributed by atoms with E-state index < -0.39 is 23.6 Å².